The van der Waals surface area contributed by atoms with Gasteiger partial charge in [0.05, 0.1) is 5.00 Å². The van der Waals surface area contributed by atoms with Gasteiger partial charge in [0, 0.05) is 25.8 Å². The van der Waals surface area contributed by atoms with E-state index in [-0.39, 0.29) is 0 Å². The molecule has 0 saturated carbocycles. The van der Waals surface area contributed by atoms with E-state index in [9.17, 15) is 4.79 Å². The predicted octanol–water partition coefficient (Wildman–Crippen LogP) is 2.45. The van der Waals surface area contributed by atoms with Gasteiger partial charge in [-0.25, -0.2) is 4.79 Å². The summed E-state index contributed by atoms with van der Waals surface area (Å²) < 4.78 is 5.36. The van der Waals surface area contributed by atoms with Crippen LogP contribution >= 0.6 is 11.3 Å². The fourth-order valence-electron chi connectivity index (χ4n) is 2.19. The Kier molecular flexibility index (Phi) is 4.02. The molecule has 1 saturated heterocycles. The van der Waals surface area contributed by atoms with Crippen molar-refractivity contribution < 1.29 is 14.6 Å². The Hall–Kier alpha value is -1.07. The minimum absolute atomic E-state index is 0.408. The minimum atomic E-state index is -0.843. The largest absolute Gasteiger partial charge is 0.477 e. The lowest BCUT2D eigenvalue weighted by Gasteiger charge is -2.34. The quantitative estimate of drug-likeness (QED) is 0.898. The second-order valence-electron chi connectivity index (χ2n) is 4.07. The first kappa shape index (κ1) is 12.4. The Morgan fingerprint density at radius 3 is 2.76 bits per heavy atom. The molecule has 1 aromatic rings. The van der Waals surface area contributed by atoms with E-state index in [4.69, 9.17) is 9.84 Å². The lowest BCUT2D eigenvalue weighted by atomic mass is 10.1. The van der Waals surface area contributed by atoms with E-state index in [1.807, 2.05) is 6.07 Å². The number of ether oxygens (including phenoxy) is 1. The molecule has 94 valence electrons. The number of nitrogens with zero attached hydrogens (tertiary/aromatic N) is 1. The van der Waals surface area contributed by atoms with Crippen LogP contribution in [0.5, 0.6) is 0 Å². The van der Waals surface area contributed by atoms with Gasteiger partial charge in [0.25, 0.3) is 0 Å². The summed E-state index contributed by atoms with van der Waals surface area (Å²) in [4.78, 5) is 13.6. The molecule has 1 aliphatic heterocycles. The number of carboxylic acid groups (broad SMARTS) is 1. The number of carbonyl (C=O) groups is 1. The van der Waals surface area contributed by atoms with E-state index in [0.29, 0.717) is 10.9 Å². The zero-order chi connectivity index (χ0) is 12.3. The Morgan fingerprint density at radius 2 is 2.24 bits per heavy atom. The van der Waals surface area contributed by atoms with Crippen LogP contribution in [0.25, 0.3) is 0 Å². The van der Waals surface area contributed by atoms with Crippen molar-refractivity contribution in [2.45, 2.75) is 25.8 Å². The van der Waals surface area contributed by atoms with Crippen molar-refractivity contribution in [2.24, 2.45) is 0 Å². The normalized spacial score (nSPS) is 17.0. The molecule has 0 aromatic carbocycles. The molecule has 5 heteroatoms. The second kappa shape index (κ2) is 5.51. The third-order valence-corrected chi connectivity index (χ3v) is 4.17. The van der Waals surface area contributed by atoms with Crippen LogP contribution in [0, 0.1) is 0 Å². The van der Waals surface area contributed by atoms with Crippen molar-refractivity contribution in [1.29, 1.82) is 0 Å². The van der Waals surface area contributed by atoms with Gasteiger partial charge in [0.2, 0.25) is 0 Å². The number of hydrogen-bond acceptors (Lipinski definition) is 4. The summed E-state index contributed by atoms with van der Waals surface area (Å²) in [5.41, 5.74) is 0. The highest BCUT2D eigenvalue weighted by Crippen LogP contribution is 2.30. The third-order valence-electron chi connectivity index (χ3n) is 3.06. The monoisotopic (exact) mass is 255 g/mol. The summed E-state index contributed by atoms with van der Waals surface area (Å²) in [7, 11) is 0. The predicted molar refractivity (Wildman–Crippen MR) is 68.1 cm³/mol. The summed E-state index contributed by atoms with van der Waals surface area (Å²) in [5.74, 6) is -0.843. The van der Waals surface area contributed by atoms with Gasteiger partial charge in [-0.2, -0.15) is 0 Å². The summed E-state index contributed by atoms with van der Waals surface area (Å²) in [6.45, 7) is 4.62. The topological polar surface area (TPSA) is 49.8 Å². The van der Waals surface area contributed by atoms with Gasteiger partial charge < -0.3 is 14.7 Å². The molecule has 1 aromatic heterocycles. The minimum Gasteiger partial charge on any atom is -0.477 e. The summed E-state index contributed by atoms with van der Waals surface area (Å²) >= 11 is 1.35. The zero-order valence-corrected chi connectivity index (χ0v) is 10.7. The molecule has 0 unspecified atom stereocenters. The van der Waals surface area contributed by atoms with Crippen molar-refractivity contribution in [3.8, 4) is 0 Å². The Bertz CT molecular complexity index is 385. The van der Waals surface area contributed by atoms with Crippen LogP contribution < -0.4 is 4.90 Å². The first-order valence-corrected chi connectivity index (χ1v) is 6.71. The molecule has 1 N–H and O–H groups in total. The van der Waals surface area contributed by atoms with Crippen LogP contribution in [-0.4, -0.2) is 36.9 Å². The molecule has 4 nitrogen and oxygen atoms in total. The average molecular weight is 255 g/mol. The van der Waals surface area contributed by atoms with E-state index in [2.05, 4.69) is 11.8 Å². The lowest BCUT2D eigenvalue weighted by molar-refractivity contribution is 0.0702. The summed E-state index contributed by atoms with van der Waals surface area (Å²) in [6, 6.07) is 4.08. The summed E-state index contributed by atoms with van der Waals surface area (Å²) in [5, 5.41) is 9.99. The molecule has 17 heavy (non-hydrogen) atoms. The van der Waals surface area contributed by atoms with Gasteiger partial charge in [-0.15, -0.1) is 11.3 Å². The molecule has 0 amide bonds. The van der Waals surface area contributed by atoms with Crippen LogP contribution in [0.1, 0.15) is 29.4 Å². The molecule has 0 bridgehead atoms. The fraction of sp³-hybridized carbons (Fsp3) is 0.583. The van der Waals surface area contributed by atoms with Gasteiger partial charge >= 0.3 is 5.97 Å². The molecule has 0 spiro atoms. The van der Waals surface area contributed by atoms with Crippen LogP contribution in [0.15, 0.2) is 12.1 Å². The van der Waals surface area contributed by atoms with Crippen LogP contribution in [0.2, 0.25) is 0 Å². The van der Waals surface area contributed by atoms with E-state index in [0.717, 1.165) is 37.6 Å². The van der Waals surface area contributed by atoms with Crippen LogP contribution in [0.4, 0.5) is 5.00 Å². The van der Waals surface area contributed by atoms with Crippen molar-refractivity contribution >= 4 is 22.3 Å². The lowest BCUT2D eigenvalue weighted by Crippen LogP contribution is -2.38. The number of thiophene rings is 1. The number of anilines is 1. The number of aromatic carboxylic acids is 1. The zero-order valence-electron chi connectivity index (χ0n) is 9.89. The first-order valence-electron chi connectivity index (χ1n) is 5.90. The Morgan fingerprint density at radius 1 is 1.53 bits per heavy atom. The molecule has 0 radical (unpaired) electrons. The molecule has 0 atom stereocenters. The average Bonchev–Trinajstić information content (AvgIpc) is 2.81. The van der Waals surface area contributed by atoms with Gasteiger partial charge in [-0.05, 0) is 31.9 Å². The van der Waals surface area contributed by atoms with E-state index >= 15 is 0 Å². The standard InChI is InChI=1S/C12H17NO3S/c1-2-13(9-5-7-16-8-6-9)11-4-3-10(17-11)12(14)15/h3-4,9H,2,5-8H2,1H3,(H,14,15). The maximum atomic E-state index is 10.9. The smallest absolute Gasteiger partial charge is 0.345 e. The van der Waals surface area contributed by atoms with Crippen LogP contribution in [-0.2, 0) is 4.74 Å². The SMILES string of the molecule is CCN(c1ccc(C(=O)O)s1)C1CCOCC1. The Labute approximate surface area is 105 Å². The van der Waals surface area contributed by atoms with Gasteiger partial charge in [0.1, 0.15) is 4.88 Å². The third kappa shape index (κ3) is 2.79. The van der Waals surface area contributed by atoms with E-state index < -0.39 is 5.97 Å². The fourth-order valence-corrected chi connectivity index (χ4v) is 3.17. The Balaban J connectivity index is 2.12. The summed E-state index contributed by atoms with van der Waals surface area (Å²) in [6.07, 6.45) is 2.04. The second-order valence-corrected chi connectivity index (χ2v) is 5.13. The molecule has 1 aliphatic rings. The van der Waals surface area contributed by atoms with Gasteiger partial charge in [-0.1, -0.05) is 0 Å². The molecule has 1 fully saturated rings. The van der Waals surface area contributed by atoms with Crippen molar-refractivity contribution in [1.82, 2.24) is 0 Å². The maximum absolute atomic E-state index is 10.9. The molecule has 0 aliphatic carbocycles. The maximum Gasteiger partial charge on any atom is 0.345 e. The van der Waals surface area contributed by atoms with Gasteiger partial charge in [-0.3, -0.25) is 0 Å². The highest BCUT2D eigenvalue weighted by molar-refractivity contribution is 7.17. The van der Waals surface area contributed by atoms with Crippen molar-refractivity contribution in [2.75, 3.05) is 24.7 Å². The molecular weight excluding hydrogens is 238 g/mol. The molecular formula is C12H17NO3S. The van der Waals surface area contributed by atoms with Crippen molar-refractivity contribution in [3.05, 3.63) is 17.0 Å². The van der Waals surface area contributed by atoms with Gasteiger partial charge in [0.15, 0.2) is 0 Å². The highest BCUT2D eigenvalue weighted by atomic mass is 32.1. The van der Waals surface area contributed by atoms with Crippen LogP contribution in [0.3, 0.4) is 0 Å². The molecule has 2 rings (SSSR count). The van der Waals surface area contributed by atoms with Crippen molar-refractivity contribution in [3.63, 3.8) is 0 Å². The van der Waals surface area contributed by atoms with E-state index in [1.165, 1.54) is 11.3 Å². The first-order chi connectivity index (χ1) is 8.22. The highest BCUT2D eigenvalue weighted by Gasteiger charge is 2.22. The van der Waals surface area contributed by atoms with E-state index in [1.54, 1.807) is 6.07 Å². The number of rotatable bonds is 4. The molecule has 2 heterocycles. The number of carboxylic acids is 1. The number of hydrogen-bond donors (Lipinski definition) is 1.